The Morgan fingerprint density at radius 3 is 2.44 bits per heavy atom. The number of likely N-dealkylation sites (tertiary alicyclic amines) is 1. The van der Waals surface area contributed by atoms with E-state index in [0.29, 0.717) is 18.7 Å². The summed E-state index contributed by atoms with van der Waals surface area (Å²) >= 11 is 0. The van der Waals surface area contributed by atoms with Crippen LogP contribution in [0.25, 0.3) is 0 Å². The minimum Gasteiger partial charge on any atom is -0.506 e. The summed E-state index contributed by atoms with van der Waals surface area (Å²) in [6.07, 6.45) is 2.73. The number of anilines is 1. The summed E-state index contributed by atoms with van der Waals surface area (Å²) in [6.45, 7) is 8.51. The fourth-order valence-corrected chi connectivity index (χ4v) is 3.70. The number of nitrogens with zero attached hydrogens (tertiary/aromatic N) is 4. The Bertz CT molecular complexity index is 650. The van der Waals surface area contributed by atoms with E-state index >= 15 is 0 Å². The Kier molecular flexibility index (Phi) is 6.79. The molecule has 7 nitrogen and oxygen atoms in total. The van der Waals surface area contributed by atoms with Gasteiger partial charge < -0.3 is 25.1 Å². The van der Waals surface area contributed by atoms with Crippen LogP contribution in [0.3, 0.4) is 0 Å². The Labute approximate surface area is 161 Å². The number of aliphatic imine (C=N–C) groups is 1. The number of rotatable bonds is 5. The fraction of sp³-hybridized carbons (Fsp3) is 0.600. The zero-order chi connectivity index (χ0) is 19.1. The van der Waals surface area contributed by atoms with Crippen molar-refractivity contribution in [3.63, 3.8) is 0 Å². The van der Waals surface area contributed by atoms with Gasteiger partial charge >= 0.3 is 0 Å². The number of phenolic OH excluding ortho intramolecular Hbond substituents is 1. The quantitative estimate of drug-likeness (QED) is 0.604. The highest BCUT2D eigenvalue weighted by Gasteiger charge is 2.22. The minimum absolute atomic E-state index is 0.219. The number of carbonyl (C=O) groups is 1. The number of hydrogen-bond acceptors (Lipinski definition) is 4. The molecule has 0 aliphatic carbocycles. The van der Waals surface area contributed by atoms with E-state index in [1.54, 1.807) is 6.07 Å². The van der Waals surface area contributed by atoms with Gasteiger partial charge in [-0.05, 0) is 31.9 Å². The van der Waals surface area contributed by atoms with Gasteiger partial charge in [0.05, 0.1) is 12.2 Å². The molecule has 0 aromatic heterocycles. The second-order valence-electron chi connectivity index (χ2n) is 7.04. The Morgan fingerprint density at radius 2 is 1.78 bits per heavy atom. The fourth-order valence-electron chi connectivity index (χ4n) is 3.70. The molecule has 0 bridgehead atoms. The molecule has 1 aromatic carbocycles. The van der Waals surface area contributed by atoms with E-state index in [4.69, 9.17) is 0 Å². The normalized spacial score (nSPS) is 18.1. The van der Waals surface area contributed by atoms with Crippen LogP contribution in [-0.2, 0) is 4.79 Å². The highest BCUT2D eigenvalue weighted by Crippen LogP contribution is 2.27. The number of aromatic hydroxyl groups is 1. The number of carbonyl (C=O) groups excluding carboxylic acids is 1. The largest absolute Gasteiger partial charge is 0.506 e. The average Bonchev–Trinajstić information content (AvgIpc) is 3.23. The van der Waals surface area contributed by atoms with Crippen LogP contribution in [0, 0.1) is 0 Å². The molecule has 27 heavy (non-hydrogen) atoms. The van der Waals surface area contributed by atoms with Crippen molar-refractivity contribution in [1.82, 2.24) is 15.1 Å². The molecule has 2 heterocycles. The number of guanidine groups is 1. The van der Waals surface area contributed by atoms with Crippen LogP contribution >= 0.6 is 0 Å². The molecule has 0 saturated carbocycles. The zero-order valence-electron chi connectivity index (χ0n) is 16.2. The molecule has 2 saturated heterocycles. The van der Waals surface area contributed by atoms with E-state index in [1.807, 2.05) is 23.1 Å². The molecule has 1 amide bonds. The lowest BCUT2D eigenvalue weighted by Crippen LogP contribution is -2.52. The first-order valence-corrected chi connectivity index (χ1v) is 10.0. The van der Waals surface area contributed by atoms with Crippen molar-refractivity contribution < 1.29 is 9.90 Å². The topological polar surface area (TPSA) is 71.4 Å². The van der Waals surface area contributed by atoms with Gasteiger partial charge in [-0.1, -0.05) is 12.1 Å². The maximum absolute atomic E-state index is 12.2. The minimum atomic E-state index is 0.219. The highest BCUT2D eigenvalue weighted by molar-refractivity contribution is 5.81. The van der Waals surface area contributed by atoms with Gasteiger partial charge in [-0.3, -0.25) is 9.79 Å². The van der Waals surface area contributed by atoms with E-state index in [2.05, 4.69) is 27.0 Å². The van der Waals surface area contributed by atoms with Crippen LogP contribution < -0.4 is 10.2 Å². The summed E-state index contributed by atoms with van der Waals surface area (Å²) in [7, 11) is 0. The van der Waals surface area contributed by atoms with Crippen LogP contribution in [0.1, 0.15) is 26.2 Å². The van der Waals surface area contributed by atoms with Gasteiger partial charge in [-0.2, -0.15) is 0 Å². The SMILES string of the molecule is CCNC(=NCCC(=O)N1CCCC1)N1CCN(c2ccccc2O)CC1. The highest BCUT2D eigenvalue weighted by atomic mass is 16.3. The molecule has 0 spiro atoms. The van der Waals surface area contributed by atoms with E-state index in [1.165, 1.54) is 0 Å². The number of para-hydroxylation sites is 2. The molecule has 2 fully saturated rings. The molecular formula is C20H31N5O2. The zero-order valence-corrected chi connectivity index (χ0v) is 16.2. The summed E-state index contributed by atoms with van der Waals surface area (Å²) < 4.78 is 0. The van der Waals surface area contributed by atoms with Crippen LogP contribution in [-0.4, -0.2) is 79.1 Å². The van der Waals surface area contributed by atoms with Crippen LogP contribution in [0.2, 0.25) is 0 Å². The predicted octanol–water partition coefficient (Wildman–Crippen LogP) is 1.49. The standard InChI is InChI=1S/C20H31N5O2/c1-2-21-20(22-10-9-19(27)24-11-5-6-12-24)25-15-13-23(14-16-25)17-7-3-4-8-18(17)26/h3-4,7-8,26H,2,5-6,9-16H2,1H3,(H,21,22). The maximum Gasteiger partial charge on any atom is 0.224 e. The third kappa shape index (κ3) is 5.05. The first kappa shape index (κ1) is 19.3. The number of benzene rings is 1. The Hall–Kier alpha value is -2.44. The van der Waals surface area contributed by atoms with E-state index < -0.39 is 0 Å². The summed E-state index contributed by atoms with van der Waals surface area (Å²) in [5, 5.41) is 13.4. The number of nitrogens with one attached hydrogen (secondary N) is 1. The van der Waals surface area contributed by atoms with Gasteiger partial charge in [0.25, 0.3) is 0 Å². The smallest absolute Gasteiger partial charge is 0.224 e. The van der Waals surface area contributed by atoms with E-state index in [9.17, 15) is 9.90 Å². The van der Waals surface area contributed by atoms with Crippen molar-refractivity contribution in [3.8, 4) is 5.75 Å². The lowest BCUT2D eigenvalue weighted by Gasteiger charge is -2.37. The molecule has 0 atom stereocenters. The third-order valence-electron chi connectivity index (χ3n) is 5.18. The summed E-state index contributed by atoms with van der Waals surface area (Å²) in [6, 6.07) is 7.47. The summed E-state index contributed by atoms with van der Waals surface area (Å²) in [5.74, 6) is 1.42. The molecule has 3 rings (SSSR count). The molecule has 7 heteroatoms. The van der Waals surface area contributed by atoms with Crippen molar-refractivity contribution in [1.29, 1.82) is 0 Å². The van der Waals surface area contributed by atoms with Crippen LogP contribution in [0.15, 0.2) is 29.3 Å². The molecular weight excluding hydrogens is 342 g/mol. The van der Waals surface area contributed by atoms with Gasteiger partial charge in [-0.25, -0.2) is 0 Å². The van der Waals surface area contributed by atoms with Crippen molar-refractivity contribution in [2.45, 2.75) is 26.2 Å². The molecule has 0 radical (unpaired) electrons. The summed E-state index contributed by atoms with van der Waals surface area (Å²) in [5.41, 5.74) is 0.885. The van der Waals surface area contributed by atoms with E-state index in [0.717, 1.165) is 70.3 Å². The number of amides is 1. The first-order chi connectivity index (χ1) is 13.2. The first-order valence-electron chi connectivity index (χ1n) is 10.0. The molecule has 2 aliphatic rings. The lowest BCUT2D eigenvalue weighted by molar-refractivity contribution is -0.129. The van der Waals surface area contributed by atoms with Crippen molar-refractivity contribution in [2.75, 3.05) is 57.3 Å². The Balaban J connectivity index is 1.52. The van der Waals surface area contributed by atoms with Crippen LogP contribution in [0.5, 0.6) is 5.75 Å². The van der Waals surface area contributed by atoms with Crippen molar-refractivity contribution in [2.24, 2.45) is 4.99 Å². The van der Waals surface area contributed by atoms with Crippen molar-refractivity contribution >= 4 is 17.6 Å². The van der Waals surface area contributed by atoms with Crippen LogP contribution in [0.4, 0.5) is 5.69 Å². The number of hydrogen-bond donors (Lipinski definition) is 2. The van der Waals surface area contributed by atoms with Gasteiger partial charge in [0, 0.05) is 52.2 Å². The monoisotopic (exact) mass is 373 g/mol. The lowest BCUT2D eigenvalue weighted by atomic mass is 10.2. The molecule has 1 aromatic rings. The summed E-state index contributed by atoms with van der Waals surface area (Å²) in [4.78, 5) is 23.3. The molecule has 2 aliphatic heterocycles. The van der Waals surface area contributed by atoms with Gasteiger partial charge in [0.15, 0.2) is 5.96 Å². The molecule has 148 valence electrons. The number of phenols is 1. The predicted molar refractivity (Wildman–Crippen MR) is 108 cm³/mol. The van der Waals surface area contributed by atoms with Gasteiger partial charge in [0.1, 0.15) is 5.75 Å². The number of piperazine rings is 1. The second-order valence-corrected chi connectivity index (χ2v) is 7.04. The second kappa shape index (κ2) is 9.48. The molecule has 2 N–H and O–H groups in total. The molecule has 0 unspecified atom stereocenters. The average molecular weight is 374 g/mol. The van der Waals surface area contributed by atoms with E-state index in [-0.39, 0.29) is 5.91 Å². The van der Waals surface area contributed by atoms with Crippen molar-refractivity contribution in [3.05, 3.63) is 24.3 Å². The van der Waals surface area contributed by atoms with Gasteiger partial charge in [0.2, 0.25) is 5.91 Å². The maximum atomic E-state index is 12.2. The Morgan fingerprint density at radius 1 is 1.07 bits per heavy atom. The third-order valence-corrected chi connectivity index (χ3v) is 5.18. The van der Waals surface area contributed by atoms with Gasteiger partial charge in [-0.15, -0.1) is 0 Å².